The summed E-state index contributed by atoms with van der Waals surface area (Å²) in [5.41, 5.74) is 2.30. The van der Waals surface area contributed by atoms with E-state index in [2.05, 4.69) is 49.1 Å². The van der Waals surface area contributed by atoms with Gasteiger partial charge in [0.2, 0.25) is 0 Å². The Morgan fingerprint density at radius 3 is 2.76 bits per heavy atom. The molecule has 1 aliphatic carbocycles. The van der Waals surface area contributed by atoms with Crippen molar-refractivity contribution in [2.45, 2.75) is 46.6 Å². The second-order valence-corrected chi connectivity index (χ2v) is 9.67. The number of hydrogen-bond donors (Lipinski definition) is 2. The van der Waals surface area contributed by atoms with E-state index in [-0.39, 0.29) is 17.3 Å². The van der Waals surface area contributed by atoms with E-state index in [1.807, 2.05) is 38.1 Å². The standard InChI is InChI=1S/C28H33F2N7O/c1-5-8-18-13-25(35-34-18)31-24-15-26(37-10-9-19(16-37)36(6-2)7-3)33-28(32-24)38-23-14-22(29)20-11-17(4)12-21(20)27(23)30/h5,8,12-15,19H,6-7,9-11,16H2,1-4H3,(H2,31,32,33,34,35)/b8-5+. The summed E-state index contributed by atoms with van der Waals surface area (Å²) < 4.78 is 35.9. The minimum Gasteiger partial charge on any atom is -0.421 e. The Kier molecular flexibility index (Phi) is 7.42. The van der Waals surface area contributed by atoms with Crippen molar-refractivity contribution < 1.29 is 13.5 Å². The molecule has 8 nitrogen and oxygen atoms in total. The summed E-state index contributed by atoms with van der Waals surface area (Å²) >= 11 is 0. The van der Waals surface area contributed by atoms with Gasteiger partial charge in [0.1, 0.15) is 17.5 Å². The number of rotatable bonds is 9. The number of ether oxygens (including phenoxy) is 1. The zero-order chi connectivity index (χ0) is 26.8. The van der Waals surface area contributed by atoms with E-state index in [0.717, 1.165) is 49.9 Å². The van der Waals surface area contributed by atoms with Crippen LogP contribution in [0.5, 0.6) is 11.8 Å². The van der Waals surface area contributed by atoms with Gasteiger partial charge in [0, 0.05) is 48.5 Å². The van der Waals surface area contributed by atoms with Crippen molar-refractivity contribution in [1.29, 1.82) is 0 Å². The minimum atomic E-state index is -0.618. The third kappa shape index (κ3) is 5.26. The van der Waals surface area contributed by atoms with Crippen LogP contribution in [-0.2, 0) is 6.42 Å². The van der Waals surface area contributed by atoms with Crippen molar-refractivity contribution in [3.8, 4) is 11.8 Å². The summed E-state index contributed by atoms with van der Waals surface area (Å²) in [5, 5.41) is 10.4. The first kappa shape index (κ1) is 25.8. The number of nitrogens with one attached hydrogen (secondary N) is 2. The van der Waals surface area contributed by atoms with Gasteiger partial charge in [-0.25, -0.2) is 8.78 Å². The second-order valence-electron chi connectivity index (χ2n) is 9.67. The van der Waals surface area contributed by atoms with Crippen LogP contribution in [0.25, 0.3) is 12.2 Å². The molecular weight excluding hydrogens is 488 g/mol. The quantitative estimate of drug-likeness (QED) is 0.361. The molecule has 0 spiro atoms. The molecule has 0 saturated carbocycles. The van der Waals surface area contributed by atoms with Crippen LogP contribution in [0.2, 0.25) is 0 Å². The van der Waals surface area contributed by atoms with E-state index in [4.69, 9.17) is 4.74 Å². The molecule has 3 heterocycles. The normalized spacial score (nSPS) is 17.0. The molecule has 1 aromatic carbocycles. The number of anilines is 3. The molecule has 0 radical (unpaired) electrons. The molecule has 200 valence electrons. The van der Waals surface area contributed by atoms with Gasteiger partial charge in [-0.2, -0.15) is 15.1 Å². The lowest BCUT2D eigenvalue weighted by molar-refractivity contribution is 0.232. The van der Waals surface area contributed by atoms with Crippen LogP contribution in [0.1, 0.15) is 50.9 Å². The van der Waals surface area contributed by atoms with Crippen LogP contribution in [0.15, 0.2) is 29.8 Å². The van der Waals surface area contributed by atoms with Gasteiger partial charge in [-0.3, -0.25) is 10.00 Å². The number of allylic oxidation sites excluding steroid dienone is 2. The molecule has 38 heavy (non-hydrogen) atoms. The van der Waals surface area contributed by atoms with Gasteiger partial charge in [-0.15, -0.1) is 0 Å². The fourth-order valence-corrected chi connectivity index (χ4v) is 5.21. The van der Waals surface area contributed by atoms with E-state index in [1.54, 1.807) is 6.08 Å². The molecule has 0 bridgehead atoms. The highest BCUT2D eigenvalue weighted by atomic mass is 19.1. The SMILES string of the molecule is C/C=C/c1cc(Nc2cc(N3CCC(N(CC)CC)C3)nc(Oc3cc(F)c4c(c3F)C=C(C)C4)n2)n[nH]1. The molecule has 1 atom stereocenters. The van der Waals surface area contributed by atoms with Gasteiger partial charge >= 0.3 is 6.01 Å². The van der Waals surface area contributed by atoms with E-state index in [9.17, 15) is 4.39 Å². The smallest absolute Gasteiger partial charge is 0.326 e. The molecule has 1 unspecified atom stereocenters. The van der Waals surface area contributed by atoms with Crippen LogP contribution in [0, 0.1) is 11.6 Å². The topological polar surface area (TPSA) is 82.2 Å². The molecule has 1 aliphatic heterocycles. The number of likely N-dealkylation sites (N-methyl/N-ethyl adjacent to an activating group) is 1. The minimum absolute atomic E-state index is 0.0718. The molecule has 0 amide bonds. The van der Waals surface area contributed by atoms with Crippen LogP contribution < -0.4 is 15.0 Å². The highest BCUT2D eigenvalue weighted by Crippen LogP contribution is 2.36. The lowest BCUT2D eigenvalue weighted by Gasteiger charge is -2.26. The number of aromatic nitrogens is 4. The summed E-state index contributed by atoms with van der Waals surface area (Å²) in [6, 6.07) is 5.09. The summed E-state index contributed by atoms with van der Waals surface area (Å²) in [6.45, 7) is 11.7. The predicted octanol–water partition coefficient (Wildman–Crippen LogP) is 5.93. The van der Waals surface area contributed by atoms with Crippen molar-refractivity contribution >= 4 is 29.6 Å². The number of hydrogen-bond acceptors (Lipinski definition) is 7. The van der Waals surface area contributed by atoms with Gasteiger partial charge in [-0.05, 0) is 45.9 Å². The molecule has 1 fully saturated rings. The molecule has 10 heteroatoms. The van der Waals surface area contributed by atoms with E-state index >= 15 is 4.39 Å². The molecule has 2 aliphatic rings. The zero-order valence-electron chi connectivity index (χ0n) is 22.2. The van der Waals surface area contributed by atoms with Crippen LogP contribution >= 0.6 is 0 Å². The zero-order valence-corrected chi connectivity index (χ0v) is 22.2. The molecule has 2 aromatic heterocycles. The maximum Gasteiger partial charge on any atom is 0.326 e. The summed E-state index contributed by atoms with van der Waals surface area (Å²) in [5.74, 6) is 0.280. The van der Waals surface area contributed by atoms with E-state index in [0.29, 0.717) is 35.5 Å². The lowest BCUT2D eigenvalue weighted by atomic mass is 10.1. The predicted molar refractivity (Wildman–Crippen MR) is 146 cm³/mol. The molecular formula is C28H33F2N7O. The first-order valence-corrected chi connectivity index (χ1v) is 13.1. The first-order valence-electron chi connectivity index (χ1n) is 13.1. The Bertz CT molecular complexity index is 1380. The number of nitrogens with zero attached hydrogens (tertiary/aromatic N) is 5. The van der Waals surface area contributed by atoms with Crippen molar-refractivity contribution in [1.82, 2.24) is 25.1 Å². The van der Waals surface area contributed by atoms with Gasteiger partial charge in [0.25, 0.3) is 0 Å². The number of aromatic amines is 1. The number of fused-ring (bicyclic) bond motifs is 1. The van der Waals surface area contributed by atoms with Gasteiger partial charge in [-0.1, -0.05) is 31.6 Å². The summed E-state index contributed by atoms with van der Waals surface area (Å²) in [4.78, 5) is 13.7. The van der Waals surface area contributed by atoms with E-state index in [1.165, 1.54) is 0 Å². The highest BCUT2D eigenvalue weighted by Gasteiger charge is 2.28. The monoisotopic (exact) mass is 521 g/mol. The third-order valence-electron chi connectivity index (χ3n) is 7.08. The number of H-pyrrole nitrogens is 1. The Morgan fingerprint density at radius 2 is 2.00 bits per heavy atom. The largest absolute Gasteiger partial charge is 0.421 e. The molecule has 3 aromatic rings. The Labute approximate surface area is 221 Å². The lowest BCUT2D eigenvalue weighted by Crippen LogP contribution is -2.37. The average Bonchev–Trinajstić information content (AvgIpc) is 3.64. The Balaban J connectivity index is 1.47. The number of halogens is 2. The number of benzene rings is 1. The fraction of sp³-hybridized carbons (Fsp3) is 0.393. The van der Waals surface area contributed by atoms with Gasteiger partial charge < -0.3 is 15.0 Å². The fourth-order valence-electron chi connectivity index (χ4n) is 5.21. The third-order valence-corrected chi connectivity index (χ3v) is 7.08. The van der Waals surface area contributed by atoms with Crippen LogP contribution in [0.3, 0.4) is 0 Å². The van der Waals surface area contributed by atoms with Crippen molar-refractivity contribution in [2.24, 2.45) is 0 Å². The summed E-state index contributed by atoms with van der Waals surface area (Å²) in [6.07, 6.45) is 6.86. The highest BCUT2D eigenvalue weighted by molar-refractivity contribution is 5.66. The first-order chi connectivity index (χ1) is 18.4. The molecule has 5 rings (SSSR count). The van der Waals surface area contributed by atoms with Crippen LogP contribution in [0.4, 0.5) is 26.2 Å². The second kappa shape index (κ2) is 10.9. The maximum atomic E-state index is 15.3. The Morgan fingerprint density at radius 1 is 1.18 bits per heavy atom. The van der Waals surface area contributed by atoms with Gasteiger partial charge in [0.15, 0.2) is 17.4 Å². The molecule has 1 saturated heterocycles. The molecule has 2 N–H and O–H groups in total. The maximum absolute atomic E-state index is 15.3. The van der Waals surface area contributed by atoms with Crippen molar-refractivity contribution in [2.75, 3.05) is 36.4 Å². The van der Waals surface area contributed by atoms with Crippen LogP contribution in [-0.4, -0.2) is 57.3 Å². The van der Waals surface area contributed by atoms with Gasteiger partial charge in [0.05, 0.1) is 5.69 Å². The van der Waals surface area contributed by atoms with Crippen molar-refractivity contribution in [3.05, 3.63) is 58.3 Å². The summed E-state index contributed by atoms with van der Waals surface area (Å²) in [7, 11) is 0. The Hall–Kier alpha value is -3.79. The van der Waals surface area contributed by atoms with Crippen molar-refractivity contribution in [3.63, 3.8) is 0 Å². The average molecular weight is 522 g/mol. The van der Waals surface area contributed by atoms with E-state index < -0.39 is 11.6 Å².